The van der Waals surface area contributed by atoms with E-state index >= 15 is 0 Å². The first-order chi connectivity index (χ1) is 15.1. The van der Waals surface area contributed by atoms with Crippen LogP contribution in [0.5, 0.6) is 5.75 Å². The number of imidazole rings is 1. The smallest absolute Gasteiger partial charge is 0.305 e. The van der Waals surface area contributed by atoms with E-state index < -0.39 is 0 Å². The molecule has 164 valence electrons. The van der Waals surface area contributed by atoms with Crippen LogP contribution in [-0.4, -0.2) is 28.7 Å². The van der Waals surface area contributed by atoms with Crippen LogP contribution in [0.15, 0.2) is 59.2 Å². The van der Waals surface area contributed by atoms with Crippen molar-refractivity contribution < 1.29 is 14.3 Å². The molecule has 0 amide bonds. The Balaban J connectivity index is 1.55. The van der Waals surface area contributed by atoms with Crippen LogP contribution in [0, 0.1) is 6.92 Å². The highest BCUT2D eigenvalue weighted by Gasteiger charge is 2.10. The van der Waals surface area contributed by atoms with E-state index in [1.54, 1.807) is 0 Å². The summed E-state index contributed by atoms with van der Waals surface area (Å²) in [5.41, 5.74) is 3.37. The van der Waals surface area contributed by atoms with Crippen LogP contribution in [0.3, 0.4) is 0 Å². The molecule has 0 N–H and O–H groups in total. The van der Waals surface area contributed by atoms with E-state index in [-0.39, 0.29) is 5.97 Å². The maximum absolute atomic E-state index is 11.4. The number of benzene rings is 2. The topological polar surface area (TPSA) is 53.4 Å². The number of nitrogens with zero attached hydrogens (tertiary/aromatic N) is 2. The third kappa shape index (κ3) is 6.96. The van der Waals surface area contributed by atoms with Crippen molar-refractivity contribution in [2.45, 2.75) is 46.1 Å². The van der Waals surface area contributed by atoms with Crippen LogP contribution < -0.4 is 4.74 Å². The quantitative estimate of drug-likeness (QED) is 0.241. The predicted molar refractivity (Wildman–Crippen MR) is 126 cm³/mol. The Morgan fingerprint density at radius 2 is 1.90 bits per heavy atom. The molecule has 0 aliphatic carbocycles. The summed E-state index contributed by atoms with van der Waals surface area (Å²) in [5.74, 6) is 1.71. The normalized spacial score (nSPS) is 10.8. The van der Waals surface area contributed by atoms with Crippen molar-refractivity contribution in [1.82, 2.24) is 9.55 Å². The van der Waals surface area contributed by atoms with Crippen molar-refractivity contribution in [3.05, 3.63) is 70.5 Å². The van der Waals surface area contributed by atoms with Gasteiger partial charge in [0.05, 0.1) is 13.2 Å². The summed E-state index contributed by atoms with van der Waals surface area (Å²) >= 11 is 3.49. The van der Waals surface area contributed by atoms with Crippen molar-refractivity contribution in [1.29, 1.82) is 0 Å². The second-order valence-electron chi connectivity index (χ2n) is 7.43. The molecule has 5 nitrogen and oxygen atoms in total. The lowest BCUT2D eigenvalue weighted by Gasteiger charge is -2.12. The minimum absolute atomic E-state index is 0.117. The van der Waals surface area contributed by atoms with Gasteiger partial charge >= 0.3 is 5.97 Å². The summed E-state index contributed by atoms with van der Waals surface area (Å²) in [4.78, 5) is 16.0. The molecular weight excluding hydrogens is 456 g/mol. The van der Waals surface area contributed by atoms with Gasteiger partial charge in [0.2, 0.25) is 0 Å². The first kappa shape index (κ1) is 23.1. The molecule has 3 aromatic rings. The number of ether oxygens (including phenoxy) is 2. The Bertz CT molecular complexity index is 983. The Morgan fingerprint density at radius 3 is 2.68 bits per heavy atom. The molecule has 0 bridgehead atoms. The zero-order valence-corrected chi connectivity index (χ0v) is 19.7. The minimum Gasteiger partial charge on any atom is -0.494 e. The van der Waals surface area contributed by atoms with Gasteiger partial charge < -0.3 is 14.0 Å². The largest absolute Gasteiger partial charge is 0.494 e. The van der Waals surface area contributed by atoms with Crippen molar-refractivity contribution in [2.24, 2.45) is 0 Å². The van der Waals surface area contributed by atoms with Crippen LogP contribution in [0.4, 0.5) is 0 Å². The van der Waals surface area contributed by atoms with Crippen LogP contribution in [0.25, 0.3) is 11.4 Å². The maximum atomic E-state index is 11.4. The lowest BCUT2D eigenvalue weighted by molar-refractivity contribution is -0.143. The number of aryl methyl sites for hydroxylation is 1. The molecule has 1 aromatic heterocycles. The van der Waals surface area contributed by atoms with Gasteiger partial charge in [-0.25, -0.2) is 4.98 Å². The average Bonchev–Trinajstić information content (AvgIpc) is 3.12. The van der Waals surface area contributed by atoms with Gasteiger partial charge in [-0.1, -0.05) is 40.2 Å². The van der Waals surface area contributed by atoms with E-state index in [2.05, 4.69) is 56.7 Å². The van der Waals surface area contributed by atoms with E-state index in [1.165, 1.54) is 5.56 Å². The zero-order valence-electron chi connectivity index (χ0n) is 18.1. The molecule has 0 saturated carbocycles. The molecule has 0 aliphatic heterocycles. The van der Waals surface area contributed by atoms with Gasteiger partial charge in [-0.05, 0) is 62.9 Å². The molecule has 0 radical (unpaired) electrons. The SMILES string of the molecule is CCOC(=O)CCCCCOc1cccc(Cn2c(C)cnc2-c2ccc(Br)cc2)c1. The first-order valence-corrected chi connectivity index (χ1v) is 11.5. The molecule has 0 fully saturated rings. The van der Waals surface area contributed by atoms with Crippen LogP contribution >= 0.6 is 15.9 Å². The van der Waals surface area contributed by atoms with Gasteiger partial charge in [-0.2, -0.15) is 0 Å². The number of hydrogen-bond acceptors (Lipinski definition) is 4. The van der Waals surface area contributed by atoms with E-state index in [4.69, 9.17) is 9.47 Å². The van der Waals surface area contributed by atoms with Crippen molar-refractivity contribution >= 4 is 21.9 Å². The highest BCUT2D eigenvalue weighted by atomic mass is 79.9. The van der Waals surface area contributed by atoms with Crippen LogP contribution in [0.1, 0.15) is 43.9 Å². The van der Waals surface area contributed by atoms with E-state index in [1.807, 2.05) is 37.4 Å². The predicted octanol–water partition coefficient (Wildman–Crippen LogP) is 6.17. The second-order valence-corrected chi connectivity index (χ2v) is 8.34. The molecule has 31 heavy (non-hydrogen) atoms. The van der Waals surface area contributed by atoms with Gasteiger partial charge in [0.15, 0.2) is 0 Å². The van der Waals surface area contributed by atoms with Crippen LogP contribution in [0.2, 0.25) is 0 Å². The fourth-order valence-corrected chi connectivity index (χ4v) is 3.64. The highest BCUT2D eigenvalue weighted by Crippen LogP contribution is 2.24. The molecule has 3 rings (SSSR count). The molecule has 1 heterocycles. The number of rotatable bonds is 11. The molecule has 0 saturated heterocycles. The Kier molecular flexibility index (Phi) is 8.71. The lowest BCUT2D eigenvalue weighted by atomic mass is 10.2. The van der Waals surface area contributed by atoms with Gasteiger partial charge in [-0.3, -0.25) is 4.79 Å². The van der Waals surface area contributed by atoms with Gasteiger partial charge in [-0.15, -0.1) is 0 Å². The number of halogens is 1. The number of aromatic nitrogens is 2. The molecule has 0 spiro atoms. The zero-order chi connectivity index (χ0) is 22.1. The van der Waals surface area contributed by atoms with E-state index in [0.717, 1.165) is 53.1 Å². The Labute approximate surface area is 192 Å². The number of unbranched alkanes of at least 4 members (excludes halogenated alkanes) is 2. The summed E-state index contributed by atoms with van der Waals surface area (Å²) in [6, 6.07) is 16.4. The molecule has 0 unspecified atom stereocenters. The number of carbonyl (C=O) groups is 1. The fourth-order valence-electron chi connectivity index (χ4n) is 3.38. The first-order valence-electron chi connectivity index (χ1n) is 10.7. The minimum atomic E-state index is -0.117. The van der Waals surface area contributed by atoms with Crippen molar-refractivity contribution in [3.8, 4) is 17.1 Å². The Hall–Kier alpha value is -2.60. The van der Waals surface area contributed by atoms with Gasteiger partial charge in [0.25, 0.3) is 0 Å². The summed E-state index contributed by atoms with van der Waals surface area (Å²) in [5, 5.41) is 0. The fraction of sp³-hybridized carbons (Fsp3) is 0.360. The van der Waals surface area contributed by atoms with Gasteiger partial charge in [0, 0.05) is 34.9 Å². The van der Waals surface area contributed by atoms with E-state index in [0.29, 0.717) is 19.6 Å². The third-order valence-electron chi connectivity index (χ3n) is 5.00. The summed E-state index contributed by atoms with van der Waals surface area (Å²) < 4.78 is 14.2. The Morgan fingerprint density at radius 1 is 1.10 bits per heavy atom. The number of carbonyl (C=O) groups excluding carboxylic acids is 1. The number of esters is 1. The standard InChI is InChI=1S/C25H29BrN2O3/c1-3-30-24(29)10-5-4-6-15-31-23-9-7-8-20(16-23)18-28-19(2)17-27-25(28)21-11-13-22(26)14-12-21/h7-9,11-14,16-17H,3-6,10,15,18H2,1-2H3. The summed E-state index contributed by atoms with van der Waals surface area (Å²) in [6.45, 7) is 5.72. The summed E-state index contributed by atoms with van der Waals surface area (Å²) in [7, 11) is 0. The summed E-state index contributed by atoms with van der Waals surface area (Å²) in [6.07, 6.45) is 5.09. The number of hydrogen-bond donors (Lipinski definition) is 0. The second kappa shape index (κ2) is 11.7. The molecule has 0 aliphatic rings. The van der Waals surface area contributed by atoms with Crippen LogP contribution in [-0.2, 0) is 16.1 Å². The van der Waals surface area contributed by atoms with Crippen molar-refractivity contribution in [3.63, 3.8) is 0 Å². The maximum Gasteiger partial charge on any atom is 0.305 e. The van der Waals surface area contributed by atoms with Crippen molar-refractivity contribution in [2.75, 3.05) is 13.2 Å². The lowest BCUT2D eigenvalue weighted by Crippen LogP contribution is -2.05. The van der Waals surface area contributed by atoms with E-state index in [9.17, 15) is 4.79 Å². The molecular formula is C25H29BrN2O3. The molecule has 2 aromatic carbocycles. The van der Waals surface area contributed by atoms with Gasteiger partial charge in [0.1, 0.15) is 11.6 Å². The molecule has 0 atom stereocenters. The molecule has 6 heteroatoms. The monoisotopic (exact) mass is 484 g/mol. The highest BCUT2D eigenvalue weighted by molar-refractivity contribution is 9.10. The average molecular weight is 485 g/mol. The third-order valence-corrected chi connectivity index (χ3v) is 5.52.